The first-order chi connectivity index (χ1) is 12.5. The fourth-order valence-electron chi connectivity index (χ4n) is 4.17. The molecule has 0 spiro atoms. The van der Waals surface area contributed by atoms with Gasteiger partial charge in [-0.2, -0.15) is 0 Å². The Morgan fingerprint density at radius 3 is 2.65 bits per heavy atom. The van der Waals surface area contributed by atoms with E-state index in [1.807, 2.05) is 0 Å². The molecule has 0 bridgehead atoms. The summed E-state index contributed by atoms with van der Waals surface area (Å²) in [5.41, 5.74) is 0.578. The van der Waals surface area contributed by atoms with Gasteiger partial charge < -0.3 is 10.2 Å². The van der Waals surface area contributed by atoms with Crippen molar-refractivity contribution in [2.24, 2.45) is 0 Å². The van der Waals surface area contributed by atoms with E-state index in [0.29, 0.717) is 11.6 Å². The normalized spacial score (nSPS) is 22.2. The van der Waals surface area contributed by atoms with Crippen molar-refractivity contribution >= 4 is 6.03 Å². The molecule has 2 fully saturated rings. The molecule has 1 N–H and O–H groups in total. The van der Waals surface area contributed by atoms with Crippen molar-refractivity contribution in [1.82, 2.24) is 15.1 Å². The predicted octanol–water partition coefficient (Wildman–Crippen LogP) is 3.90. The van der Waals surface area contributed by atoms with Gasteiger partial charge in [0, 0.05) is 32.2 Å². The Balaban J connectivity index is 1.50. The maximum Gasteiger partial charge on any atom is 0.317 e. The Morgan fingerprint density at radius 1 is 1.15 bits per heavy atom. The van der Waals surface area contributed by atoms with Gasteiger partial charge in [-0.05, 0) is 49.9 Å². The van der Waals surface area contributed by atoms with E-state index in [9.17, 15) is 13.6 Å². The predicted molar refractivity (Wildman–Crippen MR) is 97.8 cm³/mol. The van der Waals surface area contributed by atoms with Crippen LogP contribution in [-0.4, -0.2) is 48.1 Å². The Labute approximate surface area is 154 Å². The molecular formula is C20H29F2N3O. The molecule has 144 valence electrons. The maximum atomic E-state index is 13.3. The zero-order valence-corrected chi connectivity index (χ0v) is 15.5. The molecule has 26 heavy (non-hydrogen) atoms. The van der Waals surface area contributed by atoms with Crippen LogP contribution in [0.2, 0.25) is 0 Å². The highest BCUT2D eigenvalue weighted by Gasteiger charge is 2.28. The summed E-state index contributed by atoms with van der Waals surface area (Å²) in [5.74, 6) is -1.75. The fraction of sp³-hybridized carbons (Fsp3) is 0.650. The van der Waals surface area contributed by atoms with Crippen LogP contribution in [0.5, 0.6) is 0 Å². The topological polar surface area (TPSA) is 35.6 Å². The van der Waals surface area contributed by atoms with Crippen LogP contribution in [-0.2, 0) is 6.54 Å². The third-order valence-electron chi connectivity index (χ3n) is 5.62. The first-order valence-electron chi connectivity index (χ1n) is 9.72. The molecule has 1 unspecified atom stereocenters. The Morgan fingerprint density at radius 2 is 1.92 bits per heavy atom. The minimum Gasteiger partial charge on any atom is -0.334 e. The van der Waals surface area contributed by atoms with Crippen LogP contribution in [0.4, 0.5) is 13.6 Å². The second-order valence-electron chi connectivity index (χ2n) is 7.68. The highest BCUT2D eigenvalue weighted by Crippen LogP contribution is 2.25. The SMILES string of the molecule is CN(Cc1ccc(F)c(F)c1)C(=O)NC1CCCN(C2CCCCC2)C1. The van der Waals surface area contributed by atoms with E-state index in [0.717, 1.165) is 38.1 Å². The molecule has 1 aliphatic heterocycles. The highest BCUT2D eigenvalue weighted by molar-refractivity contribution is 5.74. The van der Waals surface area contributed by atoms with Crippen molar-refractivity contribution in [3.8, 4) is 0 Å². The summed E-state index contributed by atoms with van der Waals surface area (Å²) in [7, 11) is 1.68. The maximum absolute atomic E-state index is 13.3. The number of likely N-dealkylation sites (tertiary alicyclic amines) is 1. The lowest BCUT2D eigenvalue weighted by atomic mass is 9.92. The van der Waals surface area contributed by atoms with E-state index in [1.54, 1.807) is 7.05 Å². The summed E-state index contributed by atoms with van der Waals surface area (Å²) in [6, 6.07) is 4.41. The van der Waals surface area contributed by atoms with Crippen molar-refractivity contribution in [3.05, 3.63) is 35.4 Å². The lowest BCUT2D eigenvalue weighted by molar-refractivity contribution is 0.109. The zero-order valence-electron chi connectivity index (χ0n) is 15.5. The van der Waals surface area contributed by atoms with Crippen LogP contribution in [0, 0.1) is 11.6 Å². The summed E-state index contributed by atoms with van der Waals surface area (Å²) in [4.78, 5) is 16.5. The quantitative estimate of drug-likeness (QED) is 0.878. The summed E-state index contributed by atoms with van der Waals surface area (Å²) >= 11 is 0. The lowest BCUT2D eigenvalue weighted by Crippen LogP contribution is -2.53. The molecule has 1 saturated heterocycles. The van der Waals surface area contributed by atoms with Gasteiger partial charge in [-0.25, -0.2) is 13.6 Å². The molecule has 3 rings (SSSR count). The van der Waals surface area contributed by atoms with Gasteiger partial charge in [0.2, 0.25) is 0 Å². The second kappa shape index (κ2) is 8.80. The lowest BCUT2D eigenvalue weighted by Gasteiger charge is -2.40. The largest absolute Gasteiger partial charge is 0.334 e. The number of rotatable bonds is 4. The minimum atomic E-state index is -0.883. The monoisotopic (exact) mass is 365 g/mol. The molecule has 2 aliphatic rings. The van der Waals surface area contributed by atoms with Gasteiger partial charge >= 0.3 is 6.03 Å². The molecule has 6 heteroatoms. The van der Waals surface area contributed by atoms with E-state index < -0.39 is 11.6 Å². The number of nitrogens with one attached hydrogen (secondary N) is 1. The number of benzene rings is 1. The van der Waals surface area contributed by atoms with Crippen LogP contribution in [0.15, 0.2) is 18.2 Å². The average Bonchev–Trinajstić information content (AvgIpc) is 2.65. The van der Waals surface area contributed by atoms with Gasteiger partial charge in [0.15, 0.2) is 11.6 Å². The third kappa shape index (κ3) is 4.93. The third-order valence-corrected chi connectivity index (χ3v) is 5.62. The van der Waals surface area contributed by atoms with Crippen LogP contribution in [0.3, 0.4) is 0 Å². The molecule has 1 atom stereocenters. The van der Waals surface area contributed by atoms with Crippen LogP contribution in [0.25, 0.3) is 0 Å². The fourth-order valence-corrected chi connectivity index (χ4v) is 4.17. The number of carbonyl (C=O) groups is 1. The first-order valence-corrected chi connectivity index (χ1v) is 9.72. The summed E-state index contributed by atoms with van der Waals surface area (Å²) in [6.07, 6.45) is 8.62. The number of piperidine rings is 1. The van der Waals surface area contributed by atoms with Crippen molar-refractivity contribution in [2.75, 3.05) is 20.1 Å². The van der Waals surface area contributed by atoms with Crippen molar-refractivity contribution in [1.29, 1.82) is 0 Å². The first kappa shape index (κ1) is 19.1. The summed E-state index contributed by atoms with van der Waals surface area (Å²) in [6.45, 7) is 2.29. The molecule has 0 radical (unpaired) electrons. The molecular weight excluding hydrogens is 336 g/mol. The van der Waals surface area contributed by atoms with Gasteiger partial charge in [-0.15, -0.1) is 0 Å². The standard InChI is InChI=1S/C20H29F2N3O/c1-24(13-15-9-10-18(21)19(22)12-15)20(26)23-16-6-5-11-25(14-16)17-7-3-2-4-8-17/h9-10,12,16-17H,2-8,11,13-14H2,1H3,(H,23,26). The highest BCUT2D eigenvalue weighted by atomic mass is 19.2. The molecule has 1 saturated carbocycles. The Bertz CT molecular complexity index is 619. The Hall–Kier alpha value is -1.69. The number of hydrogen-bond donors (Lipinski definition) is 1. The van der Waals surface area contributed by atoms with E-state index in [-0.39, 0.29) is 18.6 Å². The van der Waals surface area contributed by atoms with Gasteiger partial charge in [0.05, 0.1) is 0 Å². The summed E-state index contributed by atoms with van der Waals surface area (Å²) < 4.78 is 26.3. The Kier molecular flexibility index (Phi) is 6.46. The molecule has 1 heterocycles. The summed E-state index contributed by atoms with van der Waals surface area (Å²) in [5, 5.41) is 3.11. The number of hydrogen-bond acceptors (Lipinski definition) is 2. The smallest absolute Gasteiger partial charge is 0.317 e. The van der Waals surface area contributed by atoms with E-state index in [1.165, 1.54) is 43.1 Å². The number of amides is 2. The van der Waals surface area contributed by atoms with Crippen LogP contribution in [0.1, 0.15) is 50.5 Å². The number of halogens is 2. The number of carbonyl (C=O) groups excluding carboxylic acids is 1. The molecule has 2 amide bonds. The van der Waals surface area contributed by atoms with Crippen LogP contribution < -0.4 is 5.32 Å². The van der Waals surface area contributed by atoms with Gasteiger partial charge in [0.25, 0.3) is 0 Å². The zero-order chi connectivity index (χ0) is 18.5. The van der Waals surface area contributed by atoms with Crippen molar-refractivity contribution in [3.63, 3.8) is 0 Å². The molecule has 0 aromatic heterocycles. The van der Waals surface area contributed by atoms with Gasteiger partial charge in [0.1, 0.15) is 0 Å². The molecule has 1 aliphatic carbocycles. The van der Waals surface area contributed by atoms with E-state index in [4.69, 9.17) is 0 Å². The van der Waals surface area contributed by atoms with E-state index in [2.05, 4.69) is 10.2 Å². The average molecular weight is 365 g/mol. The molecule has 1 aromatic rings. The second-order valence-corrected chi connectivity index (χ2v) is 7.68. The van der Waals surface area contributed by atoms with Crippen molar-refractivity contribution < 1.29 is 13.6 Å². The van der Waals surface area contributed by atoms with E-state index >= 15 is 0 Å². The number of urea groups is 1. The molecule has 4 nitrogen and oxygen atoms in total. The van der Waals surface area contributed by atoms with Gasteiger partial charge in [-0.3, -0.25) is 4.90 Å². The number of nitrogens with zero attached hydrogens (tertiary/aromatic N) is 2. The van der Waals surface area contributed by atoms with Gasteiger partial charge in [-0.1, -0.05) is 25.3 Å². The molecule has 1 aromatic carbocycles. The van der Waals surface area contributed by atoms with Crippen LogP contribution >= 0.6 is 0 Å². The minimum absolute atomic E-state index is 0.158. The van der Waals surface area contributed by atoms with Crippen molar-refractivity contribution in [2.45, 2.75) is 63.6 Å².